The molecule has 0 aromatic rings. The lowest BCUT2D eigenvalue weighted by Gasteiger charge is -2.46. The number of hydrogen-bond acceptors (Lipinski definition) is 9. The number of esters is 3. The molecule has 10 atom stereocenters. The van der Waals surface area contributed by atoms with Gasteiger partial charge in [-0.1, -0.05) is 20.8 Å². The minimum Gasteiger partial charge on any atom is -0.459 e. The number of aliphatic hydroxyl groups excluding tert-OH is 1. The Kier molecular flexibility index (Phi) is 2.79. The summed E-state index contributed by atoms with van der Waals surface area (Å²) in [6.07, 6.45) is -3.96. The molecule has 2 aliphatic carbocycles. The zero-order valence-corrected chi connectivity index (χ0v) is 16.6. The molecule has 0 radical (unpaired) electrons. The van der Waals surface area contributed by atoms with Gasteiger partial charge in [0.1, 0.15) is 12.2 Å². The van der Waals surface area contributed by atoms with E-state index in [1.807, 2.05) is 20.8 Å². The van der Waals surface area contributed by atoms with Crippen molar-refractivity contribution in [3.63, 3.8) is 0 Å². The summed E-state index contributed by atoms with van der Waals surface area (Å²) < 4.78 is 22.9. The predicted octanol–water partition coefficient (Wildman–Crippen LogP) is -0.340. The average molecular weight is 408 g/mol. The molecule has 6 rings (SSSR count). The molecule has 0 aromatic carbocycles. The second-order valence-corrected chi connectivity index (χ2v) is 10.6. The zero-order valence-electron chi connectivity index (χ0n) is 16.6. The Hall–Kier alpha value is -1.71. The van der Waals surface area contributed by atoms with Crippen molar-refractivity contribution in [3.8, 4) is 0 Å². The Morgan fingerprint density at radius 3 is 2.38 bits per heavy atom. The molecule has 6 fully saturated rings. The molecule has 0 amide bonds. The van der Waals surface area contributed by atoms with Crippen LogP contribution in [0.4, 0.5) is 0 Å². The molecule has 6 aliphatic rings. The molecular weight excluding hydrogens is 384 g/mol. The Morgan fingerprint density at radius 1 is 1.03 bits per heavy atom. The first-order chi connectivity index (χ1) is 13.4. The van der Waals surface area contributed by atoms with Crippen LogP contribution < -0.4 is 0 Å². The van der Waals surface area contributed by atoms with Crippen LogP contribution in [0, 0.1) is 28.1 Å². The highest BCUT2D eigenvalue weighted by Gasteiger charge is 3.01. The smallest absolute Gasteiger partial charge is 0.342 e. The molecule has 9 nitrogen and oxygen atoms in total. The van der Waals surface area contributed by atoms with Crippen LogP contribution >= 0.6 is 0 Å². The fraction of sp³-hybridized carbons (Fsp3) is 0.850. The van der Waals surface area contributed by atoms with Gasteiger partial charge in [0, 0.05) is 6.42 Å². The van der Waals surface area contributed by atoms with Gasteiger partial charge >= 0.3 is 17.9 Å². The average Bonchev–Trinajstić information content (AvgIpc) is 3.31. The third kappa shape index (κ3) is 1.35. The first-order valence-electron chi connectivity index (χ1n) is 10.1. The van der Waals surface area contributed by atoms with Crippen LogP contribution in [0.3, 0.4) is 0 Å². The third-order valence-corrected chi connectivity index (χ3v) is 8.97. The molecule has 9 heteroatoms. The molecule has 158 valence electrons. The number of fused-ring (bicyclic) bond motifs is 1. The van der Waals surface area contributed by atoms with Gasteiger partial charge in [0.05, 0.1) is 16.7 Å². The minimum atomic E-state index is -1.97. The van der Waals surface area contributed by atoms with Crippen LogP contribution in [0.25, 0.3) is 0 Å². The van der Waals surface area contributed by atoms with E-state index in [2.05, 4.69) is 0 Å². The molecule has 2 saturated carbocycles. The van der Waals surface area contributed by atoms with Gasteiger partial charge < -0.3 is 29.2 Å². The lowest BCUT2D eigenvalue weighted by molar-refractivity contribution is -0.238. The molecule has 2 N–H and O–H groups in total. The van der Waals surface area contributed by atoms with Gasteiger partial charge in [0.2, 0.25) is 11.9 Å². The highest BCUT2D eigenvalue weighted by Crippen LogP contribution is 2.84. The van der Waals surface area contributed by atoms with E-state index >= 15 is 0 Å². The second kappa shape index (κ2) is 4.48. The maximum atomic E-state index is 13.3. The summed E-state index contributed by atoms with van der Waals surface area (Å²) in [6.45, 7) is 7.47. The van der Waals surface area contributed by atoms with Crippen LogP contribution in [0.1, 0.15) is 40.5 Å². The second-order valence-electron chi connectivity index (χ2n) is 10.6. The van der Waals surface area contributed by atoms with Gasteiger partial charge in [-0.05, 0) is 24.7 Å². The molecule has 29 heavy (non-hydrogen) atoms. The van der Waals surface area contributed by atoms with Crippen molar-refractivity contribution in [2.75, 3.05) is 0 Å². The van der Waals surface area contributed by atoms with Crippen LogP contribution in [-0.4, -0.2) is 63.9 Å². The summed E-state index contributed by atoms with van der Waals surface area (Å²) >= 11 is 0. The van der Waals surface area contributed by atoms with Gasteiger partial charge in [0.25, 0.3) is 0 Å². The van der Waals surface area contributed by atoms with Crippen molar-refractivity contribution >= 4 is 17.9 Å². The first-order valence-corrected chi connectivity index (χ1v) is 10.1. The van der Waals surface area contributed by atoms with Crippen LogP contribution in [-0.2, 0) is 33.3 Å². The number of hydrogen-bond donors (Lipinski definition) is 2. The Balaban J connectivity index is 1.68. The van der Waals surface area contributed by atoms with E-state index in [1.165, 1.54) is 6.92 Å². The molecule has 4 aliphatic heterocycles. The highest BCUT2D eigenvalue weighted by molar-refractivity contribution is 5.93. The summed E-state index contributed by atoms with van der Waals surface area (Å²) in [6, 6.07) is 0. The normalized spacial score (nSPS) is 59.2. The van der Waals surface area contributed by atoms with E-state index in [9.17, 15) is 24.6 Å². The number of carbonyl (C=O) groups is 3. The van der Waals surface area contributed by atoms with Gasteiger partial charge in [-0.2, -0.15) is 0 Å². The molecule has 0 bridgehead atoms. The highest BCUT2D eigenvalue weighted by atomic mass is 16.8. The number of rotatable bonds is 0. The monoisotopic (exact) mass is 408 g/mol. The van der Waals surface area contributed by atoms with E-state index < -0.39 is 70.5 Å². The van der Waals surface area contributed by atoms with Crippen LogP contribution in [0.5, 0.6) is 0 Å². The van der Waals surface area contributed by atoms with Gasteiger partial charge in [-0.15, -0.1) is 0 Å². The summed E-state index contributed by atoms with van der Waals surface area (Å²) in [5.74, 6) is -3.52. The van der Waals surface area contributed by atoms with E-state index in [1.54, 1.807) is 0 Å². The molecule has 0 aromatic heterocycles. The Bertz CT molecular complexity index is 893. The maximum absolute atomic E-state index is 13.3. The summed E-state index contributed by atoms with van der Waals surface area (Å²) in [4.78, 5) is 38.1. The van der Waals surface area contributed by atoms with Gasteiger partial charge in [-0.25, -0.2) is 9.59 Å². The van der Waals surface area contributed by atoms with Crippen molar-refractivity contribution in [1.29, 1.82) is 0 Å². The molecular formula is C20H24O9. The van der Waals surface area contributed by atoms with Crippen molar-refractivity contribution in [3.05, 3.63) is 0 Å². The van der Waals surface area contributed by atoms with E-state index in [0.29, 0.717) is 6.42 Å². The summed E-state index contributed by atoms with van der Waals surface area (Å²) in [7, 11) is 0. The number of ether oxygens (including phenoxy) is 4. The van der Waals surface area contributed by atoms with Crippen LogP contribution in [0.15, 0.2) is 0 Å². The van der Waals surface area contributed by atoms with Gasteiger partial charge in [-0.3, -0.25) is 4.79 Å². The summed E-state index contributed by atoms with van der Waals surface area (Å²) in [5, 5.41) is 23.0. The standard InChI is InChI=1S/C20H24O9/c1-7-12(22)26-10-6-17-9-5-8(16(2,3)4)18(17)11(21)13(23)28-15(18)29-20(17,14(24)27-9)19(7,10)25/h7-11,15,21,25H,5-6H2,1-4H3/t7-,8+,9-,10+,11-,15+,17+,18+,19-,20+/m1/s1. The minimum absolute atomic E-state index is 0.0623. The van der Waals surface area contributed by atoms with Crippen LogP contribution in [0.2, 0.25) is 0 Å². The van der Waals surface area contributed by atoms with E-state index in [4.69, 9.17) is 18.9 Å². The fourth-order valence-corrected chi connectivity index (χ4v) is 8.06. The van der Waals surface area contributed by atoms with Crippen molar-refractivity contribution in [2.45, 2.75) is 76.3 Å². The lowest BCUT2D eigenvalue weighted by Crippen LogP contribution is -2.66. The predicted molar refractivity (Wildman–Crippen MR) is 90.6 cm³/mol. The first kappa shape index (κ1) is 18.1. The molecule has 4 saturated heterocycles. The van der Waals surface area contributed by atoms with E-state index in [0.717, 1.165) is 0 Å². The van der Waals surface area contributed by atoms with Gasteiger partial charge in [0.15, 0.2) is 11.7 Å². The largest absolute Gasteiger partial charge is 0.459 e. The Morgan fingerprint density at radius 2 is 1.72 bits per heavy atom. The fourth-order valence-electron chi connectivity index (χ4n) is 8.06. The topological polar surface area (TPSA) is 129 Å². The van der Waals surface area contributed by atoms with Crippen molar-refractivity contribution < 1.29 is 43.5 Å². The maximum Gasteiger partial charge on any atom is 0.342 e. The lowest BCUT2D eigenvalue weighted by atomic mass is 9.51. The summed E-state index contributed by atoms with van der Waals surface area (Å²) in [5.41, 5.74) is -6.81. The van der Waals surface area contributed by atoms with E-state index in [-0.39, 0.29) is 17.8 Å². The number of carbonyl (C=O) groups excluding carboxylic acids is 3. The number of aliphatic hydroxyl groups is 2. The molecule has 0 unspecified atom stereocenters. The SMILES string of the molecule is C[C@@H]1C(=O)O[C@H]2C[C@]34[C@H]5C[C@@H](C(C)(C)C)[C@]36[C@@H](OC(=O)[C@H]6O)O[C@]4(C(=O)O5)[C@]21O. The third-order valence-electron chi connectivity index (χ3n) is 8.97. The Labute approximate surface area is 166 Å². The van der Waals surface area contributed by atoms with Crippen molar-refractivity contribution in [1.82, 2.24) is 0 Å². The zero-order chi connectivity index (χ0) is 20.9. The van der Waals surface area contributed by atoms with Crippen molar-refractivity contribution in [2.24, 2.45) is 28.1 Å². The molecule has 4 heterocycles. The quantitative estimate of drug-likeness (QED) is 0.408. The molecule has 2 spiro atoms.